The van der Waals surface area contributed by atoms with Crippen LogP contribution in [-0.4, -0.2) is 29.8 Å². The Balaban J connectivity index is 1.82. The van der Waals surface area contributed by atoms with E-state index in [0.717, 1.165) is 12.1 Å². The fraction of sp³-hybridized carbons (Fsp3) is 0.167. The second-order valence-corrected chi connectivity index (χ2v) is 7.02. The highest BCUT2D eigenvalue weighted by molar-refractivity contribution is 5.97. The number of rotatable bonds is 8. The molecule has 3 aromatic carbocycles. The fourth-order valence-corrected chi connectivity index (χ4v) is 3.27. The van der Waals surface area contributed by atoms with Gasteiger partial charge in [0.15, 0.2) is 0 Å². The standard InChI is InChI=1S/C24H22F3N3O2/c1-2-30(15-21(31)29-22-19(26)9-6-10-20(22)27)23(16-7-4-3-5-8-16)24(32)28-18-13-11-17(25)12-14-18/h3-14,23H,2,15H2,1H3,(H,28,32)(H,29,31). The van der Waals surface area contributed by atoms with Crippen molar-refractivity contribution in [2.45, 2.75) is 13.0 Å². The number of para-hydroxylation sites is 1. The first kappa shape index (κ1) is 23.0. The first-order valence-electron chi connectivity index (χ1n) is 9.98. The summed E-state index contributed by atoms with van der Waals surface area (Å²) < 4.78 is 41.0. The Labute approximate surface area is 183 Å². The molecule has 32 heavy (non-hydrogen) atoms. The third kappa shape index (κ3) is 5.73. The number of halogens is 3. The van der Waals surface area contributed by atoms with Crippen LogP contribution in [0.5, 0.6) is 0 Å². The van der Waals surface area contributed by atoms with Crippen molar-refractivity contribution in [3.8, 4) is 0 Å². The molecule has 0 aliphatic rings. The fourth-order valence-electron chi connectivity index (χ4n) is 3.27. The van der Waals surface area contributed by atoms with Gasteiger partial charge in [-0.15, -0.1) is 0 Å². The number of benzene rings is 3. The predicted molar refractivity (Wildman–Crippen MR) is 116 cm³/mol. The number of anilines is 2. The van der Waals surface area contributed by atoms with Gasteiger partial charge < -0.3 is 10.6 Å². The Morgan fingerprint density at radius 2 is 1.47 bits per heavy atom. The quantitative estimate of drug-likeness (QED) is 0.531. The molecule has 0 aromatic heterocycles. The van der Waals surface area contributed by atoms with Crippen LogP contribution >= 0.6 is 0 Å². The number of hydrogen-bond donors (Lipinski definition) is 2. The van der Waals surface area contributed by atoms with Crippen molar-refractivity contribution in [3.63, 3.8) is 0 Å². The van der Waals surface area contributed by atoms with Crippen molar-refractivity contribution in [1.29, 1.82) is 0 Å². The van der Waals surface area contributed by atoms with Crippen LogP contribution in [0, 0.1) is 17.5 Å². The molecule has 3 aromatic rings. The minimum atomic E-state index is -0.893. The van der Waals surface area contributed by atoms with Gasteiger partial charge in [0.25, 0.3) is 0 Å². The second kappa shape index (κ2) is 10.6. The molecule has 3 rings (SSSR count). The number of carbonyl (C=O) groups excluding carboxylic acids is 2. The lowest BCUT2D eigenvalue weighted by Crippen LogP contribution is -2.41. The highest BCUT2D eigenvalue weighted by Gasteiger charge is 2.29. The van der Waals surface area contributed by atoms with E-state index in [0.29, 0.717) is 17.8 Å². The predicted octanol–water partition coefficient (Wildman–Crippen LogP) is 4.74. The van der Waals surface area contributed by atoms with E-state index >= 15 is 0 Å². The monoisotopic (exact) mass is 441 g/mol. The van der Waals surface area contributed by atoms with E-state index in [1.165, 1.54) is 30.3 Å². The second-order valence-electron chi connectivity index (χ2n) is 7.02. The molecule has 1 atom stereocenters. The lowest BCUT2D eigenvalue weighted by atomic mass is 10.0. The third-order valence-corrected chi connectivity index (χ3v) is 4.82. The van der Waals surface area contributed by atoms with E-state index in [9.17, 15) is 22.8 Å². The summed E-state index contributed by atoms with van der Waals surface area (Å²) in [7, 11) is 0. The van der Waals surface area contributed by atoms with Crippen LogP contribution in [0.2, 0.25) is 0 Å². The van der Waals surface area contributed by atoms with E-state index in [4.69, 9.17) is 0 Å². The van der Waals surface area contributed by atoms with Gasteiger partial charge in [0.05, 0.1) is 6.54 Å². The Morgan fingerprint density at radius 3 is 2.06 bits per heavy atom. The molecule has 0 saturated heterocycles. The van der Waals surface area contributed by atoms with Crippen LogP contribution in [0.3, 0.4) is 0 Å². The average Bonchev–Trinajstić information content (AvgIpc) is 2.78. The first-order chi connectivity index (χ1) is 15.4. The van der Waals surface area contributed by atoms with Crippen molar-refractivity contribution in [3.05, 3.63) is 95.8 Å². The van der Waals surface area contributed by atoms with Gasteiger partial charge in [-0.1, -0.05) is 43.3 Å². The number of nitrogens with one attached hydrogen (secondary N) is 2. The van der Waals surface area contributed by atoms with Crippen molar-refractivity contribution in [1.82, 2.24) is 4.90 Å². The van der Waals surface area contributed by atoms with Crippen LogP contribution < -0.4 is 10.6 Å². The van der Waals surface area contributed by atoms with E-state index in [1.807, 2.05) is 0 Å². The minimum absolute atomic E-state index is 0.291. The van der Waals surface area contributed by atoms with Crippen LogP contribution in [0.4, 0.5) is 24.5 Å². The molecule has 0 radical (unpaired) electrons. The number of nitrogens with zero attached hydrogens (tertiary/aromatic N) is 1. The summed E-state index contributed by atoms with van der Waals surface area (Å²) in [4.78, 5) is 27.3. The van der Waals surface area contributed by atoms with Gasteiger partial charge in [-0.3, -0.25) is 14.5 Å². The van der Waals surface area contributed by atoms with Crippen LogP contribution in [0.25, 0.3) is 0 Å². The lowest BCUT2D eigenvalue weighted by Gasteiger charge is -2.29. The Morgan fingerprint density at radius 1 is 0.844 bits per heavy atom. The molecule has 0 heterocycles. The van der Waals surface area contributed by atoms with Gasteiger partial charge in [-0.2, -0.15) is 0 Å². The maximum absolute atomic E-state index is 13.9. The molecule has 0 bridgehead atoms. The van der Waals surface area contributed by atoms with Gasteiger partial charge in [0.2, 0.25) is 11.8 Å². The van der Waals surface area contributed by atoms with E-state index in [1.54, 1.807) is 42.2 Å². The largest absolute Gasteiger partial charge is 0.324 e. The first-order valence-corrected chi connectivity index (χ1v) is 9.98. The molecule has 0 fully saturated rings. The molecule has 0 spiro atoms. The summed E-state index contributed by atoms with van der Waals surface area (Å²) in [6.07, 6.45) is 0. The molecule has 166 valence electrons. The molecule has 8 heteroatoms. The van der Waals surface area contributed by atoms with Crippen molar-refractivity contribution < 1.29 is 22.8 Å². The van der Waals surface area contributed by atoms with Crippen molar-refractivity contribution in [2.24, 2.45) is 0 Å². The van der Waals surface area contributed by atoms with Crippen molar-refractivity contribution in [2.75, 3.05) is 23.7 Å². The zero-order valence-electron chi connectivity index (χ0n) is 17.3. The molecule has 5 nitrogen and oxygen atoms in total. The summed E-state index contributed by atoms with van der Waals surface area (Å²) in [6, 6.07) is 16.5. The Bertz CT molecular complexity index is 1060. The zero-order valence-corrected chi connectivity index (χ0v) is 17.3. The number of amides is 2. The summed E-state index contributed by atoms with van der Waals surface area (Å²) >= 11 is 0. The number of carbonyl (C=O) groups is 2. The Hall–Kier alpha value is -3.65. The Kier molecular flexibility index (Phi) is 7.62. The molecular formula is C24H22F3N3O2. The van der Waals surface area contributed by atoms with E-state index in [-0.39, 0.29) is 6.54 Å². The molecule has 0 aliphatic carbocycles. The highest BCUT2D eigenvalue weighted by atomic mass is 19.1. The van der Waals surface area contributed by atoms with Crippen LogP contribution in [0.15, 0.2) is 72.8 Å². The number of likely N-dealkylation sites (N-methyl/N-ethyl adjacent to an activating group) is 1. The van der Waals surface area contributed by atoms with Gasteiger partial charge in [0, 0.05) is 5.69 Å². The summed E-state index contributed by atoms with van der Waals surface area (Å²) in [5.41, 5.74) is 0.477. The van der Waals surface area contributed by atoms with Gasteiger partial charge >= 0.3 is 0 Å². The third-order valence-electron chi connectivity index (χ3n) is 4.82. The zero-order chi connectivity index (χ0) is 23.1. The molecule has 1 unspecified atom stereocenters. The normalized spacial score (nSPS) is 11.8. The highest BCUT2D eigenvalue weighted by Crippen LogP contribution is 2.24. The minimum Gasteiger partial charge on any atom is -0.324 e. The van der Waals surface area contributed by atoms with E-state index < -0.39 is 41.0 Å². The summed E-state index contributed by atoms with van der Waals surface area (Å²) in [6.45, 7) is 1.77. The number of hydrogen-bond acceptors (Lipinski definition) is 3. The molecule has 2 amide bonds. The molecule has 2 N–H and O–H groups in total. The van der Waals surface area contributed by atoms with Gasteiger partial charge in [-0.05, 0) is 48.5 Å². The smallest absolute Gasteiger partial charge is 0.246 e. The topological polar surface area (TPSA) is 61.4 Å². The van der Waals surface area contributed by atoms with Crippen LogP contribution in [-0.2, 0) is 9.59 Å². The maximum Gasteiger partial charge on any atom is 0.246 e. The average molecular weight is 441 g/mol. The van der Waals surface area contributed by atoms with Gasteiger partial charge in [-0.25, -0.2) is 13.2 Å². The summed E-state index contributed by atoms with van der Waals surface area (Å²) in [5, 5.41) is 4.97. The van der Waals surface area contributed by atoms with Gasteiger partial charge in [0.1, 0.15) is 29.2 Å². The van der Waals surface area contributed by atoms with E-state index in [2.05, 4.69) is 10.6 Å². The molecule has 0 saturated carbocycles. The lowest BCUT2D eigenvalue weighted by molar-refractivity contribution is -0.123. The molecular weight excluding hydrogens is 419 g/mol. The summed E-state index contributed by atoms with van der Waals surface area (Å²) in [5.74, 6) is -3.33. The molecule has 0 aliphatic heterocycles. The SMILES string of the molecule is CCN(CC(=O)Nc1c(F)cccc1F)C(C(=O)Nc1ccc(F)cc1)c1ccccc1. The maximum atomic E-state index is 13.9. The van der Waals surface area contributed by atoms with Crippen LogP contribution in [0.1, 0.15) is 18.5 Å². The van der Waals surface area contributed by atoms with Crippen molar-refractivity contribution >= 4 is 23.2 Å².